The minimum atomic E-state index is -0.677. The van der Waals surface area contributed by atoms with Crippen LogP contribution in [0.5, 0.6) is 0 Å². The highest BCUT2D eigenvalue weighted by atomic mass is 19.1. The zero-order chi connectivity index (χ0) is 5.70. The molecule has 0 amide bonds. The molecule has 0 aliphatic rings. The Kier molecular flexibility index (Phi) is 4.16. The zero-order valence-electron chi connectivity index (χ0n) is 4.65. The van der Waals surface area contributed by atoms with Gasteiger partial charge < -0.3 is 0 Å². The lowest BCUT2D eigenvalue weighted by Gasteiger charge is -1.95. The highest BCUT2D eigenvalue weighted by Crippen LogP contribution is 2.00. The van der Waals surface area contributed by atoms with Gasteiger partial charge in [0.2, 0.25) is 0 Å². The minimum Gasteiger partial charge on any atom is -0.248 e. The molecule has 0 aromatic carbocycles. The Hall–Kier alpha value is -0.00506. The number of hydrogen-bond donors (Lipinski definition) is 0. The van der Waals surface area contributed by atoms with Crippen molar-refractivity contribution in [2.45, 2.75) is 32.3 Å². The first-order valence-corrected chi connectivity index (χ1v) is 2.61. The molecule has 40 valence electrons. The van der Waals surface area contributed by atoms with Gasteiger partial charge in [-0.25, -0.2) is 4.39 Å². The van der Waals surface area contributed by atoms with E-state index in [0.29, 0.717) is 12.7 Å². The second kappa shape index (κ2) is 4.16. The fraction of sp³-hybridized carbons (Fsp3) is 1.00. The molecule has 0 saturated heterocycles. The summed E-state index contributed by atoms with van der Waals surface area (Å²) in [7, 11) is 5.11. The first-order valence-electron chi connectivity index (χ1n) is 2.61. The Labute approximate surface area is 45.5 Å². The molecule has 1 atom stereocenters. The van der Waals surface area contributed by atoms with E-state index in [2.05, 4.69) is 0 Å². The van der Waals surface area contributed by atoms with Crippen LogP contribution in [0.4, 0.5) is 4.39 Å². The Morgan fingerprint density at radius 2 is 2.29 bits per heavy atom. The second-order valence-electron chi connectivity index (χ2n) is 1.71. The van der Waals surface area contributed by atoms with Crippen LogP contribution in [0.25, 0.3) is 0 Å². The molecule has 2 heteroatoms. The van der Waals surface area contributed by atoms with Gasteiger partial charge in [0.15, 0.2) is 0 Å². The van der Waals surface area contributed by atoms with E-state index in [-0.39, 0.29) is 0 Å². The molecule has 0 rings (SSSR count). The Morgan fingerprint density at radius 3 is 2.43 bits per heavy atom. The highest BCUT2D eigenvalue weighted by Gasteiger charge is 1.92. The number of halogens is 1. The predicted octanol–water partition coefficient (Wildman–Crippen LogP) is 1.71. The maximum atomic E-state index is 11.8. The van der Waals surface area contributed by atoms with Crippen molar-refractivity contribution in [2.24, 2.45) is 0 Å². The highest BCUT2D eigenvalue weighted by molar-refractivity contribution is 6.08. The van der Waals surface area contributed by atoms with Gasteiger partial charge >= 0.3 is 0 Å². The van der Waals surface area contributed by atoms with E-state index in [9.17, 15) is 4.39 Å². The van der Waals surface area contributed by atoms with E-state index >= 15 is 0 Å². The van der Waals surface area contributed by atoms with E-state index in [4.69, 9.17) is 7.85 Å². The molecule has 0 heterocycles. The second-order valence-corrected chi connectivity index (χ2v) is 1.71. The minimum absolute atomic E-state index is 0.605. The largest absolute Gasteiger partial charge is 0.248 e. The number of rotatable bonds is 3. The predicted molar refractivity (Wildman–Crippen MR) is 30.4 cm³/mol. The van der Waals surface area contributed by atoms with Crippen molar-refractivity contribution in [2.75, 3.05) is 0 Å². The molecule has 0 aliphatic heterocycles. The maximum Gasteiger partial charge on any atom is 0.0973 e. The van der Waals surface area contributed by atoms with Crippen molar-refractivity contribution >= 4 is 7.85 Å². The van der Waals surface area contributed by atoms with Gasteiger partial charge in [-0.05, 0) is 13.3 Å². The average Bonchev–Trinajstić information content (AvgIpc) is 1.61. The van der Waals surface area contributed by atoms with Crippen LogP contribution in [0.2, 0.25) is 6.32 Å². The molecule has 0 fully saturated rings. The van der Waals surface area contributed by atoms with Gasteiger partial charge in [0, 0.05) is 0 Å². The van der Waals surface area contributed by atoms with Crippen molar-refractivity contribution in [3.8, 4) is 0 Å². The fourth-order valence-electron chi connectivity index (χ4n) is 0.399. The monoisotopic (exact) mass is 100 g/mol. The fourth-order valence-corrected chi connectivity index (χ4v) is 0.399. The summed E-state index contributed by atoms with van der Waals surface area (Å²) in [6.07, 6.45) is 1.34. The van der Waals surface area contributed by atoms with E-state index in [1.165, 1.54) is 0 Å². The molecule has 0 saturated carbocycles. The molecule has 7 heavy (non-hydrogen) atoms. The van der Waals surface area contributed by atoms with Gasteiger partial charge in [0.25, 0.3) is 0 Å². The Balaban J connectivity index is 2.68. The van der Waals surface area contributed by atoms with Gasteiger partial charge in [0.1, 0.15) is 0 Å². The number of hydrogen-bond acceptors (Lipinski definition) is 0. The molecule has 0 N–H and O–H groups in total. The topological polar surface area (TPSA) is 0 Å². The summed E-state index contributed by atoms with van der Waals surface area (Å²) in [6, 6.07) is 0. The third kappa shape index (κ3) is 5.99. The maximum absolute atomic E-state index is 11.8. The third-order valence-corrected chi connectivity index (χ3v) is 0.806. The van der Waals surface area contributed by atoms with Crippen molar-refractivity contribution in [3.05, 3.63) is 0 Å². The van der Waals surface area contributed by atoms with E-state index in [1.54, 1.807) is 6.92 Å². The third-order valence-electron chi connectivity index (χ3n) is 0.806. The summed E-state index contributed by atoms with van der Waals surface area (Å²) in [5.41, 5.74) is 0. The first kappa shape index (κ1) is 6.99. The van der Waals surface area contributed by atoms with Gasteiger partial charge in [0.05, 0.1) is 14.0 Å². The van der Waals surface area contributed by atoms with Crippen molar-refractivity contribution < 1.29 is 4.39 Å². The van der Waals surface area contributed by atoms with Crippen LogP contribution in [0.1, 0.15) is 19.8 Å². The Morgan fingerprint density at radius 1 is 1.71 bits per heavy atom. The molecule has 0 spiro atoms. The van der Waals surface area contributed by atoms with Crippen LogP contribution in [0.3, 0.4) is 0 Å². The molecule has 0 aliphatic carbocycles. The molecule has 2 radical (unpaired) electrons. The van der Waals surface area contributed by atoms with Crippen LogP contribution >= 0.6 is 0 Å². The normalized spacial score (nSPS) is 14.0. The summed E-state index contributed by atoms with van der Waals surface area (Å²) in [4.78, 5) is 0. The van der Waals surface area contributed by atoms with E-state index < -0.39 is 6.17 Å². The quantitative estimate of drug-likeness (QED) is 0.473. The van der Waals surface area contributed by atoms with Crippen molar-refractivity contribution in [1.29, 1.82) is 0 Å². The van der Waals surface area contributed by atoms with Gasteiger partial charge in [-0.1, -0.05) is 12.7 Å². The molecule has 0 bridgehead atoms. The SMILES string of the molecule is [B]CCCC(C)F. The van der Waals surface area contributed by atoms with Crippen LogP contribution in [0, 0.1) is 0 Å². The van der Waals surface area contributed by atoms with Crippen LogP contribution < -0.4 is 0 Å². The molecule has 0 nitrogen and oxygen atoms in total. The lowest BCUT2D eigenvalue weighted by atomic mass is 9.99. The average molecular weight is 99.9 g/mol. The lowest BCUT2D eigenvalue weighted by molar-refractivity contribution is 0.339. The molecule has 0 aromatic rings. The standard InChI is InChI=1S/C5H10BF/c1-5(7)3-2-4-6/h5H,2-4H2,1H3. The first-order chi connectivity index (χ1) is 3.27. The van der Waals surface area contributed by atoms with Gasteiger partial charge in [-0.3, -0.25) is 0 Å². The smallest absolute Gasteiger partial charge is 0.0973 e. The molecular weight excluding hydrogens is 89.9 g/mol. The van der Waals surface area contributed by atoms with Crippen LogP contribution in [0.15, 0.2) is 0 Å². The van der Waals surface area contributed by atoms with Gasteiger partial charge in [-0.2, -0.15) is 0 Å². The summed E-state index contributed by atoms with van der Waals surface area (Å²) >= 11 is 0. The van der Waals surface area contributed by atoms with E-state index in [1.807, 2.05) is 0 Å². The molecular formula is C5H10BF. The molecule has 0 aromatic heterocycles. The number of alkyl halides is 1. The van der Waals surface area contributed by atoms with Gasteiger partial charge in [-0.15, -0.1) is 0 Å². The summed E-state index contributed by atoms with van der Waals surface area (Å²) < 4.78 is 11.8. The zero-order valence-corrected chi connectivity index (χ0v) is 4.65. The van der Waals surface area contributed by atoms with Crippen LogP contribution in [-0.4, -0.2) is 14.0 Å². The summed E-state index contributed by atoms with van der Waals surface area (Å²) in [5, 5.41) is 0. The Bertz CT molecular complexity index is 37.1. The van der Waals surface area contributed by atoms with Crippen LogP contribution in [-0.2, 0) is 0 Å². The lowest BCUT2D eigenvalue weighted by Crippen LogP contribution is -1.90. The van der Waals surface area contributed by atoms with Crippen molar-refractivity contribution in [3.63, 3.8) is 0 Å². The summed E-state index contributed by atoms with van der Waals surface area (Å²) in [6.45, 7) is 1.55. The van der Waals surface area contributed by atoms with Crippen molar-refractivity contribution in [1.82, 2.24) is 0 Å². The van der Waals surface area contributed by atoms with E-state index in [0.717, 1.165) is 6.42 Å². The molecule has 1 unspecified atom stereocenters. The summed E-state index contributed by atoms with van der Waals surface area (Å²) in [5.74, 6) is 0.